The van der Waals surface area contributed by atoms with Gasteiger partial charge < -0.3 is 15.5 Å². The fourth-order valence-electron chi connectivity index (χ4n) is 2.64. The highest BCUT2D eigenvalue weighted by molar-refractivity contribution is 7.80. The van der Waals surface area contributed by atoms with E-state index in [9.17, 15) is 0 Å². The molecule has 3 nitrogen and oxygen atoms in total. The molecule has 0 saturated carbocycles. The van der Waals surface area contributed by atoms with Gasteiger partial charge in [0.25, 0.3) is 0 Å². The summed E-state index contributed by atoms with van der Waals surface area (Å²) in [7, 11) is 0. The first-order chi connectivity index (χ1) is 10.2. The number of quaternary nitrogens is 1. The van der Waals surface area contributed by atoms with Crippen LogP contribution >= 0.6 is 23.8 Å². The fourth-order valence-corrected chi connectivity index (χ4v) is 3.02. The van der Waals surface area contributed by atoms with Gasteiger partial charge in [-0.25, -0.2) is 0 Å². The van der Waals surface area contributed by atoms with Gasteiger partial charge in [0.05, 0.1) is 13.1 Å². The molecule has 0 bridgehead atoms. The van der Waals surface area contributed by atoms with Crippen LogP contribution in [0.2, 0.25) is 5.02 Å². The minimum Gasteiger partial charge on any atom is -0.360 e. The Morgan fingerprint density at radius 3 is 2.62 bits per heavy atom. The summed E-state index contributed by atoms with van der Waals surface area (Å²) in [6, 6.07) is 8.66. The summed E-state index contributed by atoms with van der Waals surface area (Å²) >= 11 is 11.2. The van der Waals surface area contributed by atoms with Crippen LogP contribution in [0.15, 0.2) is 36.9 Å². The number of likely N-dealkylation sites (tertiary alicyclic amines) is 1. The summed E-state index contributed by atoms with van der Waals surface area (Å²) < 4.78 is 0. The molecule has 0 atom stereocenters. The molecule has 1 aliphatic heterocycles. The lowest BCUT2D eigenvalue weighted by molar-refractivity contribution is -0.918. The molecule has 1 fully saturated rings. The second kappa shape index (κ2) is 8.37. The first-order valence-electron chi connectivity index (χ1n) is 7.40. The van der Waals surface area contributed by atoms with Crippen molar-refractivity contribution in [3.8, 4) is 0 Å². The number of piperidine rings is 1. The third-order valence-electron chi connectivity index (χ3n) is 3.80. The van der Waals surface area contributed by atoms with Crippen molar-refractivity contribution in [2.24, 2.45) is 0 Å². The predicted octanol–water partition coefficient (Wildman–Crippen LogP) is 1.54. The quantitative estimate of drug-likeness (QED) is 0.567. The highest BCUT2D eigenvalue weighted by Crippen LogP contribution is 2.09. The van der Waals surface area contributed by atoms with Crippen LogP contribution in [0.5, 0.6) is 0 Å². The summed E-state index contributed by atoms with van der Waals surface area (Å²) in [5.74, 6) is 0. The Bertz CT molecular complexity index is 467. The van der Waals surface area contributed by atoms with Crippen LogP contribution in [0, 0.1) is 0 Å². The molecule has 0 aliphatic carbocycles. The summed E-state index contributed by atoms with van der Waals surface area (Å²) in [5, 5.41) is 8.05. The molecular formula is C16H23ClN3S+. The van der Waals surface area contributed by atoms with E-state index in [0.717, 1.165) is 29.5 Å². The van der Waals surface area contributed by atoms with Gasteiger partial charge in [0, 0.05) is 36.0 Å². The zero-order valence-corrected chi connectivity index (χ0v) is 13.8. The maximum atomic E-state index is 5.92. The SMILES string of the molecule is C=CCNC(=S)NC1CC[NH+](Cc2ccc(Cl)cc2)CC1. The van der Waals surface area contributed by atoms with Crippen molar-refractivity contribution in [1.29, 1.82) is 0 Å². The highest BCUT2D eigenvalue weighted by Gasteiger charge is 2.22. The van der Waals surface area contributed by atoms with Gasteiger partial charge in [-0.1, -0.05) is 29.8 Å². The fraction of sp³-hybridized carbons (Fsp3) is 0.438. The highest BCUT2D eigenvalue weighted by atomic mass is 35.5. The van der Waals surface area contributed by atoms with Crippen LogP contribution in [-0.4, -0.2) is 30.8 Å². The monoisotopic (exact) mass is 324 g/mol. The zero-order valence-electron chi connectivity index (χ0n) is 12.2. The van der Waals surface area contributed by atoms with E-state index in [-0.39, 0.29) is 0 Å². The van der Waals surface area contributed by atoms with E-state index >= 15 is 0 Å². The average molecular weight is 325 g/mol. The van der Waals surface area contributed by atoms with Crippen LogP contribution in [0.4, 0.5) is 0 Å². The first kappa shape index (κ1) is 16.3. The van der Waals surface area contributed by atoms with Crippen LogP contribution < -0.4 is 15.5 Å². The molecule has 1 aromatic rings. The van der Waals surface area contributed by atoms with Gasteiger partial charge >= 0.3 is 0 Å². The lowest BCUT2D eigenvalue weighted by Gasteiger charge is -2.30. The lowest BCUT2D eigenvalue weighted by atomic mass is 10.0. The third-order valence-corrected chi connectivity index (χ3v) is 4.32. The largest absolute Gasteiger partial charge is 0.360 e. The standard InChI is InChI=1S/C16H22ClN3S/c1-2-9-18-16(21)19-15-7-10-20(11-8-15)12-13-3-5-14(17)6-4-13/h2-6,15H,1,7-12H2,(H2,18,19,21)/p+1. The molecule has 0 aromatic heterocycles. The average Bonchev–Trinajstić information content (AvgIpc) is 2.49. The number of nitrogens with one attached hydrogen (secondary N) is 3. The molecule has 5 heteroatoms. The molecule has 0 unspecified atom stereocenters. The van der Waals surface area contributed by atoms with Gasteiger partial charge in [0.15, 0.2) is 5.11 Å². The maximum absolute atomic E-state index is 5.92. The van der Waals surface area contributed by atoms with E-state index < -0.39 is 0 Å². The molecule has 0 spiro atoms. The van der Waals surface area contributed by atoms with Crippen molar-refractivity contribution in [1.82, 2.24) is 10.6 Å². The van der Waals surface area contributed by atoms with Crippen LogP contribution in [0.1, 0.15) is 18.4 Å². The maximum Gasteiger partial charge on any atom is 0.166 e. The predicted molar refractivity (Wildman–Crippen MR) is 92.8 cm³/mol. The van der Waals surface area contributed by atoms with Gasteiger partial charge in [-0.15, -0.1) is 6.58 Å². The number of thiocarbonyl (C=S) groups is 1. The Kier molecular flexibility index (Phi) is 6.49. The van der Waals surface area contributed by atoms with Gasteiger partial charge in [0.1, 0.15) is 6.54 Å². The van der Waals surface area contributed by atoms with Crippen molar-refractivity contribution in [3.05, 3.63) is 47.5 Å². The minimum absolute atomic E-state index is 0.490. The van der Waals surface area contributed by atoms with E-state index in [1.807, 2.05) is 18.2 Å². The van der Waals surface area contributed by atoms with Crippen molar-refractivity contribution >= 4 is 28.9 Å². The van der Waals surface area contributed by atoms with Gasteiger partial charge in [-0.3, -0.25) is 0 Å². The normalized spacial score (nSPS) is 21.6. The second-order valence-corrected chi connectivity index (χ2v) is 6.32. The molecule has 2 rings (SSSR count). The third kappa shape index (κ3) is 5.65. The molecule has 1 aromatic carbocycles. The molecular weight excluding hydrogens is 302 g/mol. The summed E-state index contributed by atoms with van der Waals surface area (Å²) in [6.07, 6.45) is 4.12. The van der Waals surface area contributed by atoms with Crippen molar-refractivity contribution in [3.63, 3.8) is 0 Å². The minimum atomic E-state index is 0.490. The lowest BCUT2D eigenvalue weighted by Crippen LogP contribution is -3.12. The van der Waals surface area contributed by atoms with Gasteiger partial charge in [0.2, 0.25) is 0 Å². The van der Waals surface area contributed by atoms with E-state index in [0.29, 0.717) is 12.6 Å². The topological polar surface area (TPSA) is 28.5 Å². The molecule has 114 valence electrons. The molecule has 1 heterocycles. The van der Waals surface area contributed by atoms with E-state index in [1.165, 1.54) is 18.7 Å². The molecule has 21 heavy (non-hydrogen) atoms. The zero-order chi connectivity index (χ0) is 15.1. The molecule has 3 N–H and O–H groups in total. The Morgan fingerprint density at radius 2 is 2.00 bits per heavy atom. The Labute approximate surface area is 137 Å². The Balaban J connectivity index is 1.71. The van der Waals surface area contributed by atoms with Crippen LogP contribution in [0.3, 0.4) is 0 Å². The number of benzene rings is 1. The number of rotatable bonds is 5. The first-order valence-corrected chi connectivity index (χ1v) is 8.19. The van der Waals surface area contributed by atoms with Crippen molar-refractivity contribution in [2.75, 3.05) is 19.6 Å². The smallest absolute Gasteiger partial charge is 0.166 e. The van der Waals surface area contributed by atoms with Crippen LogP contribution in [0.25, 0.3) is 0 Å². The molecule has 0 amide bonds. The van der Waals surface area contributed by atoms with Crippen LogP contribution in [-0.2, 0) is 6.54 Å². The number of hydrogen-bond donors (Lipinski definition) is 3. The summed E-state index contributed by atoms with van der Waals surface area (Å²) in [6.45, 7) is 7.80. The Morgan fingerprint density at radius 1 is 1.33 bits per heavy atom. The number of halogens is 1. The summed E-state index contributed by atoms with van der Waals surface area (Å²) in [5.41, 5.74) is 1.35. The van der Waals surface area contributed by atoms with E-state index in [1.54, 1.807) is 4.90 Å². The van der Waals surface area contributed by atoms with E-state index in [2.05, 4.69) is 29.3 Å². The second-order valence-electron chi connectivity index (χ2n) is 5.47. The van der Waals surface area contributed by atoms with Crippen molar-refractivity contribution in [2.45, 2.75) is 25.4 Å². The molecule has 1 saturated heterocycles. The summed E-state index contributed by atoms with van der Waals surface area (Å²) in [4.78, 5) is 1.63. The molecule has 0 radical (unpaired) electrons. The molecule has 1 aliphatic rings. The Hall–Kier alpha value is -1.10. The number of hydrogen-bond acceptors (Lipinski definition) is 1. The van der Waals surface area contributed by atoms with Crippen molar-refractivity contribution < 1.29 is 4.90 Å². The van der Waals surface area contributed by atoms with Gasteiger partial charge in [-0.2, -0.15) is 0 Å². The van der Waals surface area contributed by atoms with E-state index in [4.69, 9.17) is 23.8 Å². The van der Waals surface area contributed by atoms with Gasteiger partial charge in [-0.05, 0) is 24.4 Å².